The highest BCUT2D eigenvalue weighted by Gasteiger charge is 2.36. The fourth-order valence-corrected chi connectivity index (χ4v) is 2.55. The minimum atomic E-state index is 0.111. The number of benzene rings is 1. The fourth-order valence-electron chi connectivity index (χ4n) is 2.55. The van der Waals surface area contributed by atoms with E-state index in [0.29, 0.717) is 0 Å². The van der Waals surface area contributed by atoms with E-state index in [4.69, 9.17) is 4.74 Å². The highest BCUT2D eigenvalue weighted by molar-refractivity contribution is 5.57. The van der Waals surface area contributed by atoms with E-state index < -0.39 is 0 Å². The van der Waals surface area contributed by atoms with Crippen LogP contribution >= 0.6 is 0 Å². The monoisotopic (exact) mass is 249 g/mol. The topological polar surface area (TPSA) is 41.5 Å². The molecule has 1 fully saturated rings. The van der Waals surface area contributed by atoms with Crippen molar-refractivity contribution in [2.24, 2.45) is 5.41 Å². The molecule has 18 heavy (non-hydrogen) atoms. The first-order chi connectivity index (χ1) is 8.60. The predicted molar refractivity (Wildman–Crippen MR) is 74.3 cm³/mol. The van der Waals surface area contributed by atoms with Crippen LogP contribution in [0.1, 0.15) is 30.4 Å². The average molecular weight is 249 g/mol. The van der Waals surface area contributed by atoms with Crippen LogP contribution in [0.5, 0.6) is 5.75 Å². The Bertz CT molecular complexity index is 419. The highest BCUT2D eigenvalue weighted by Crippen LogP contribution is 2.40. The van der Waals surface area contributed by atoms with Crippen molar-refractivity contribution in [3.05, 3.63) is 23.3 Å². The molecule has 0 radical (unpaired) electrons. The van der Waals surface area contributed by atoms with Gasteiger partial charge >= 0.3 is 0 Å². The van der Waals surface area contributed by atoms with Gasteiger partial charge in [0, 0.05) is 17.6 Å². The van der Waals surface area contributed by atoms with Crippen LogP contribution in [0.3, 0.4) is 0 Å². The van der Waals surface area contributed by atoms with Crippen LogP contribution < -0.4 is 10.1 Å². The molecular formula is C15H23NO2. The van der Waals surface area contributed by atoms with Crippen LogP contribution in [0.25, 0.3) is 0 Å². The van der Waals surface area contributed by atoms with Crippen molar-refractivity contribution in [1.82, 2.24) is 0 Å². The van der Waals surface area contributed by atoms with Gasteiger partial charge in [0.05, 0.1) is 13.7 Å². The summed E-state index contributed by atoms with van der Waals surface area (Å²) in [6.07, 6.45) is 3.50. The van der Waals surface area contributed by atoms with E-state index in [1.54, 1.807) is 7.11 Å². The zero-order valence-corrected chi connectivity index (χ0v) is 11.5. The molecule has 3 heteroatoms. The molecular weight excluding hydrogens is 226 g/mol. The molecule has 1 saturated carbocycles. The molecule has 0 bridgehead atoms. The van der Waals surface area contributed by atoms with Gasteiger partial charge in [0.1, 0.15) is 5.75 Å². The van der Waals surface area contributed by atoms with Crippen LogP contribution in [0, 0.1) is 19.3 Å². The third kappa shape index (κ3) is 2.46. The average Bonchev–Trinajstić information content (AvgIpc) is 2.32. The van der Waals surface area contributed by atoms with Crippen LogP contribution in [-0.2, 0) is 0 Å². The second-order valence-electron chi connectivity index (χ2n) is 5.50. The van der Waals surface area contributed by atoms with Crippen LogP contribution in [0.15, 0.2) is 12.1 Å². The van der Waals surface area contributed by atoms with Gasteiger partial charge in [-0.2, -0.15) is 0 Å². The van der Waals surface area contributed by atoms with Gasteiger partial charge in [-0.25, -0.2) is 0 Å². The molecule has 0 aliphatic heterocycles. The van der Waals surface area contributed by atoms with Crippen molar-refractivity contribution >= 4 is 5.69 Å². The van der Waals surface area contributed by atoms with Crippen molar-refractivity contribution in [2.75, 3.05) is 25.6 Å². The quantitative estimate of drug-likeness (QED) is 0.843. The second-order valence-corrected chi connectivity index (χ2v) is 5.50. The lowest BCUT2D eigenvalue weighted by Gasteiger charge is -2.40. The molecule has 1 aromatic rings. The molecule has 2 rings (SSSR count). The molecule has 1 aromatic carbocycles. The molecule has 0 amide bonds. The van der Waals surface area contributed by atoms with Gasteiger partial charge < -0.3 is 15.2 Å². The normalized spacial score (nSPS) is 17.1. The zero-order chi connectivity index (χ0) is 13.2. The van der Waals surface area contributed by atoms with E-state index in [1.807, 2.05) is 0 Å². The molecule has 0 aromatic heterocycles. The van der Waals surface area contributed by atoms with Crippen molar-refractivity contribution in [1.29, 1.82) is 0 Å². The molecule has 0 heterocycles. The van der Waals surface area contributed by atoms with E-state index in [2.05, 4.69) is 31.3 Å². The number of nitrogens with one attached hydrogen (secondary N) is 1. The largest absolute Gasteiger partial charge is 0.496 e. The Kier molecular flexibility index (Phi) is 3.81. The lowest BCUT2D eigenvalue weighted by Crippen LogP contribution is -2.39. The number of aryl methyl sites for hydroxylation is 2. The van der Waals surface area contributed by atoms with Crippen LogP contribution in [0.4, 0.5) is 5.69 Å². The molecule has 0 unspecified atom stereocenters. The van der Waals surface area contributed by atoms with Gasteiger partial charge in [0.25, 0.3) is 0 Å². The standard InChI is InChI=1S/C15H23NO2/c1-11-8-14(18-3)12(2)7-13(11)16-9-15(10-17)5-4-6-15/h7-8,16-17H,4-6,9-10H2,1-3H3. The first-order valence-electron chi connectivity index (χ1n) is 6.60. The minimum Gasteiger partial charge on any atom is -0.496 e. The first-order valence-corrected chi connectivity index (χ1v) is 6.60. The van der Waals surface area contributed by atoms with E-state index >= 15 is 0 Å². The van der Waals surface area contributed by atoms with Crippen LogP contribution in [-0.4, -0.2) is 25.4 Å². The lowest BCUT2D eigenvalue weighted by atomic mass is 9.69. The van der Waals surface area contributed by atoms with Gasteiger partial charge in [0.15, 0.2) is 0 Å². The molecule has 2 N–H and O–H groups in total. The SMILES string of the molecule is COc1cc(C)c(NCC2(CO)CCC2)cc1C. The highest BCUT2D eigenvalue weighted by atomic mass is 16.5. The molecule has 100 valence electrons. The maximum Gasteiger partial charge on any atom is 0.122 e. The lowest BCUT2D eigenvalue weighted by molar-refractivity contribution is 0.0576. The molecule has 0 spiro atoms. The molecule has 1 aliphatic rings. The third-order valence-corrected chi connectivity index (χ3v) is 4.15. The number of aliphatic hydroxyl groups is 1. The van der Waals surface area contributed by atoms with Gasteiger partial charge in [-0.05, 0) is 49.9 Å². The van der Waals surface area contributed by atoms with Gasteiger partial charge in [-0.1, -0.05) is 6.42 Å². The van der Waals surface area contributed by atoms with E-state index in [1.165, 1.54) is 12.0 Å². The zero-order valence-electron chi connectivity index (χ0n) is 11.5. The Morgan fingerprint density at radius 1 is 1.28 bits per heavy atom. The Balaban J connectivity index is 2.07. The third-order valence-electron chi connectivity index (χ3n) is 4.15. The van der Waals surface area contributed by atoms with Crippen molar-refractivity contribution in [3.8, 4) is 5.75 Å². The van der Waals surface area contributed by atoms with Crippen molar-refractivity contribution in [3.63, 3.8) is 0 Å². The van der Waals surface area contributed by atoms with Crippen molar-refractivity contribution < 1.29 is 9.84 Å². The van der Waals surface area contributed by atoms with Crippen LogP contribution in [0.2, 0.25) is 0 Å². The summed E-state index contributed by atoms with van der Waals surface area (Å²) in [5.74, 6) is 0.929. The maximum atomic E-state index is 9.46. The molecule has 0 saturated heterocycles. The molecule has 3 nitrogen and oxygen atoms in total. The summed E-state index contributed by atoms with van der Waals surface area (Å²) in [7, 11) is 1.70. The molecule has 0 atom stereocenters. The predicted octanol–water partition coefficient (Wildman–Crippen LogP) is 2.89. The van der Waals surface area contributed by atoms with Gasteiger partial charge in [-0.3, -0.25) is 0 Å². The van der Waals surface area contributed by atoms with Crippen molar-refractivity contribution in [2.45, 2.75) is 33.1 Å². The number of hydrogen-bond donors (Lipinski definition) is 2. The summed E-state index contributed by atoms with van der Waals surface area (Å²) >= 11 is 0. The minimum absolute atomic E-state index is 0.111. The Morgan fingerprint density at radius 2 is 2.00 bits per heavy atom. The summed E-state index contributed by atoms with van der Waals surface area (Å²) in [5.41, 5.74) is 3.58. The molecule has 1 aliphatic carbocycles. The summed E-state index contributed by atoms with van der Waals surface area (Å²) < 4.78 is 5.31. The van der Waals surface area contributed by atoms with Gasteiger partial charge in [0.2, 0.25) is 0 Å². The first kappa shape index (κ1) is 13.2. The smallest absolute Gasteiger partial charge is 0.122 e. The number of rotatable bonds is 5. The number of ether oxygens (including phenoxy) is 1. The Labute approximate surface area is 109 Å². The second kappa shape index (κ2) is 5.19. The number of hydrogen-bond acceptors (Lipinski definition) is 3. The fraction of sp³-hybridized carbons (Fsp3) is 0.600. The maximum absolute atomic E-state index is 9.46. The number of methoxy groups -OCH3 is 1. The Hall–Kier alpha value is -1.22. The van der Waals surface area contributed by atoms with E-state index in [-0.39, 0.29) is 12.0 Å². The van der Waals surface area contributed by atoms with E-state index in [9.17, 15) is 5.11 Å². The van der Waals surface area contributed by atoms with Gasteiger partial charge in [-0.15, -0.1) is 0 Å². The summed E-state index contributed by atoms with van der Waals surface area (Å²) in [6.45, 7) is 5.27. The Morgan fingerprint density at radius 3 is 2.50 bits per heavy atom. The summed E-state index contributed by atoms with van der Waals surface area (Å²) in [6, 6.07) is 4.18. The number of anilines is 1. The summed E-state index contributed by atoms with van der Waals surface area (Å²) in [5, 5.41) is 12.9. The number of aliphatic hydroxyl groups excluding tert-OH is 1. The summed E-state index contributed by atoms with van der Waals surface area (Å²) in [4.78, 5) is 0. The van der Waals surface area contributed by atoms with E-state index in [0.717, 1.165) is 36.4 Å².